The first-order valence-electron chi connectivity index (χ1n) is 6.17. The van der Waals surface area contributed by atoms with Gasteiger partial charge in [0.2, 0.25) is 0 Å². The average Bonchev–Trinajstić information content (AvgIpc) is 2.55. The lowest BCUT2D eigenvalue weighted by molar-refractivity contribution is 0.112. The molecule has 0 fully saturated rings. The van der Waals surface area contributed by atoms with E-state index < -0.39 is 0 Å². The number of pyridine rings is 3. The zero-order valence-electron chi connectivity index (χ0n) is 10.6. The highest BCUT2D eigenvalue weighted by atomic mass is 16.1. The first-order chi connectivity index (χ1) is 9.90. The van der Waals surface area contributed by atoms with Gasteiger partial charge in [0.25, 0.3) is 0 Å². The number of rotatable bonds is 3. The fraction of sp³-hybridized carbons (Fsp3) is 0. The van der Waals surface area contributed by atoms with Gasteiger partial charge in [0.1, 0.15) is 0 Å². The first kappa shape index (κ1) is 12.2. The van der Waals surface area contributed by atoms with Crippen LogP contribution in [0.15, 0.2) is 61.1 Å². The number of hydrogen-bond donors (Lipinski definition) is 0. The van der Waals surface area contributed by atoms with E-state index in [1.54, 1.807) is 30.7 Å². The summed E-state index contributed by atoms with van der Waals surface area (Å²) in [6.45, 7) is 0. The van der Waals surface area contributed by atoms with Crippen molar-refractivity contribution in [3.63, 3.8) is 0 Å². The summed E-state index contributed by atoms with van der Waals surface area (Å²) in [4.78, 5) is 24.2. The number of carbonyl (C=O) groups excluding carboxylic acids is 1. The van der Waals surface area contributed by atoms with Gasteiger partial charge in [0, 0.05) is 29.7 Å². The minimum absolute atomic E-state index is 0.517. The maximum absolute atomic E-state index is 11.2. The Morgan fingerprint density at radius 1 is 0.750 bits per heavy atom. The van der Waals surface area contributed by atoms with E-state index in [4.69, 9.17) is 0 Å². The predicted molar refractivity (Wildman–Crippen MR) is 76.1 cm³/mol. The van der Waals surface area contributed by atoms with E-state index in [1.165, 1.54) is 0 Å². The second-order valence-electron chi connectivity index (χ2n) is 4.17. The molecule has 4 heteroatoms. The van der Waals surface area contributed by atoms with E-state index in [-0.39, 0.29) is 0 Å². The highest BCUT2D eigenvalue weighted by Crippen LogP contribution is 2.28. The highest BCUT2D eigenvalue weighted by Gasteiger charge is 2.13. The van der Waals surface area contributed by atoms with E-state index >= 15 is 0 Å². The Hall–Kier alpha value is -2.88. The molecule has 20 heavy (non-hydrogen) atoms. The number of aldehydes is 1. The molecule has 96 valence electrons. The van der Waals surface area contributed by atoms with Crippen LogP contribution in [-0.4, -0.2) is 21.2 Å². The van der Waals surface area contributed by atoms with Crippen LogP contribution in [0.25, 0.3) is 22.6 Å². The molecule has 0 bridgehead atoms. The molecular formula is C16H11N3O. The molecule has 0 radical (unpaired) electrons. The summed E-state index contributed by atoms with van der Waals surface area (Å²) in [6, 6.07) is 12.9. The molecule has 0 N–H and O–H groups in total. The molecule has 0 aliphatic rings. The molecule has 0 unspecified atom stereocenters. The van der Waals surface area contributed by atoms with Gasteiger partial charge in [-0.05, 0) is 36.4 Å². The molecule has 0 aliphatic heterocycles. The number of aromatic nitrogens is 3. The molecule has 0 saturated carbocycles. The van der Waals surface area contributed by atoms with E-state index in [1.807, 2.05) is 30.3 Å². The third-order valence-electron chi connectivity index (χ3n) is 2.94. The maximum atomic E-state index is 11.2. The summed E-state index contributed by atoms with van der Waals surface area (Å²) in [5.74, 6) is 0. The molecule has 0 aliphatic carbocycles. The lowest BCUT2D eigenvalue weighted by Crippen LogP contribution is -1.96. The van der Waals surface area contributed by atoms with Crippen LogP contribution in [0.5, 0.6) is 0 Å². The lowest BCUT2D eigenvalue weighted by Gasteiger charge is -2.08. The summed E-state index contributed by atoms with van der Waals surface area (Å²) in [5.41, 5.74) is 3.41. The molecule has 3 aromatic heterocycles. The third kappa shape index (κ3) is 2.19. The molecular weight excluding hydrogens is 250 g/mol. The lowest BCUT2D eigenvalue weighted by atomic mass is 10.0. The Bertz CT molecular complexity index is 741. The van der Waals surface area contributed by atoms with E-state index in [2.05, 4.69) is 15.0 Å². The van der Waals surface area contributed by atoms with Gasteiger partial charge in [0.15, 0.2) is 6.29 Å². The first-order valence-corrected chi connectivity index (χ1v) is 6.17. The minimum atomic E-state index is 0.517. The van der Waals surface area contributed by atoms with Crippen LogP contribution < -0.4 is 0 Å². The zero-order chi connectivity index (χ0) is 13.8. The quantitative estimate of drug-likeness (QED) is 0.680. The van der Waals surface area contributed by atoms with Crippen LogP contribution in [0.3, 0.4) is 0 Å². The van der Waals surface area contributed by atoms with Crippen LogP contribution in [0, 0.1) is 0 Å². The molecule has 3 heterocycles. The summed E-state index contributed by atoms with van der Waals surface area (Å²) in [6.07, 6.45) is 5.86. The molecule has 0 spiro atoms. The fourth-order valence-electron chi connectivity index (χ4n) is 2.03. The topological polar surface area (TPSA) is 55.7 Å². The number of nitrogens with zero attached hydrogens (tertiary/aromatic N) is 3. The Balaban J connectivity index is 2.23. The van der Waals surface area contributed by atoms with Crippen molar-refractivity contribution in [2.45, 2.75) is 0 Å². The highest BCUT2D eigenvalue weighted by molar-refractivity contribution is 5.88. The summed E-state index contributed by atoms with van der Waals surface area (Å²) in [7, 11) is 0. The standard InChI is InChI=1S/C16H11N3O/c20-11-12-5-3-9-18-15(12)16-13(6-4-10-19-16)14-7-1-2-8-17-14/h1-11H. The Morgan fingerprint density at radius 2 is 1.50 bits per heavy atom. The van der Waals surface area contributed by atoms with Gasteiger partial charge in [-0.3, -0.25) is 19.7 Å². The second kappa shape index (κ2) is 5.40. The van der Waals surface area contributed by atoms with Crippen molar-refractivity contribution < 1.29 is 4.79 Å². The summed E-state index contributed by atoms with van der Waals surface area (Å²) < 4.78 is 0. The van der Waals surface area contributed by atoms with Gasteiger partial charge in [0.05, 0.1) is 17.1 Å². The van der Waals surface area contributed by atoms with E-state index in [0.29, 0.717) is 17.0 Å². The van der Waals surface area contributed by atoms with Crippen LogP contribution in [0.1, 0.15) is 10.4 Å². The second-order valence-corrected chi connectivity index (χ2v) is 4.17. The molecule has 0 saturated heterocycles. The molecule has 3 rings (SSSR count). The summed E-state index contributed by atoms with van der Waals surface area (Å²) in [5, 5.41) is 0. The minimum Gasteiger partial charge on any atom is -0.298 e. The van der Waals surface area contributed by atoms with Crippen molar-refractivity contribution in [3.05, 3.63) is 66.6 Å². The number of hydrogen-bond acceptors (Lipinski definition) is 4. The van der Waals surface area contributed by atoms with Crippen molar-refractivity contribution in [1.82, 2.24) is 15.0 Å². The zero-order valence-corrected chi connectivity index (χ0v) is 10.6. The Labute approximate surface area is 116 Å². The molecule has 0 amide bonds. The van der Waals surface area contributed by atoms with Crippen LogP contribution in [0.4, 0.5) is 0 Å². The van der Waals surface area contributed by atoms with E-state index in [0.717, 1.165) is 17.5 Å². The number of carbonyl (C=O) groups is 1. The normalized spacial score (nSPS) is 10.2. The molecule has 0 aromatic carbocycles. The summed E-state index contributed by atoms with van der Waals surface area (Å²) >= 11 is 0. The monoisotopic (exact) mass is 261 g/mol. The van der Waals surface area contributed by atoms with Gasteiger partial charge in [-0.25, -0.2) is 0 Å². The van der Waals surface area contributed by atoms with Gasteiger partial charge < -0.3 is 0 Å². The van der Waals surface area contributed by atoms with E-state index in [9.17, 15) is 4.79 Å². The van der Waals surface area contributed by atoms with Crippen molar-refractivity contribution in [2.24, 2.45) is 0 Å². The van der Waals surface area contributed by atoms with Crippen molar-refractivity contribution in [1.29, 1.82) is 0 Å². The van der Waals surface area contributed by atoms with Crippen molar-refractivity contribution in [3.8, 4) is 22.6 Å². The Morgan fingerprint density at radius 3 is 2.25 bits per heavy atom. The smallest absolute Gasteiger partial charge is 0.152 e. The van der Waals surface area contributed by atoms with Gasteiger partial charge in [-0.2, -0.15) is 0 Å². The van der Waals surface area contributed by atoms with Crippen LogP contribution in [0.2, 0.25) is 0 Å². The third-order valence-corrected chi connectivity index (χ3v) is 2.94. The maximum Gasteiger partial charge on any atom is 0.152 e. The van der Waals surface area contributed by atoms with Crippen molar-refractivity contribution in [2.75, 3.05) is 0 Å². The van der Waals surface area contributed by atoms with Crippen molar-refractivity contribution >= 4 is 6.29 Å². The van der Waals surface area contributed by atoms with Gasteiger partial charge in [-0.15, -0.1) is 0 Å². The Kier molecular flexibility index (Phi) is 3.29. The molecule has 4 nitrogen and oxygen atoms in total. The SMILES string of the molecule is O=Cc1cccnc1-c1ncccc1-c1ccccn1. The van der Waals surface area contributed by atoms with Crippen LogP contribution in [-0.2, 0) is 0 Å². The molecule has 3 aromatic rings. The fourth-order valence-corrected chi connectivity index (χ4v) is 2.03. The average molecular weight is 261 g/mol. The van der Waals surface area contributed by atoms with Gasteiger partial charge >= 0.3 is 0 Å². The van der Waals surface area contributed by atoms with Crippen LogP contribution >= 0.6 is 0 Å². The molecule has 0 atom stereocenters. The largest absolute Gasteiger partial charge is 0.298 e. The predicted octanol–water partition coefficient (Wildman–Crippen LogP) is 3.02. The van der Waals surface area contributed by atoms with Gasteiger partial charge in [-0.1, -0.05) is 6.07 Å².